The molecule has 0 bridgehead atoms. The Morgan fingerprint density at radius 2 is 2.37 bits per heavy atom. The molecular weight excluding hydrogens is 260 g/mol. The summed E-state index contributed by atoms with van der Waals surface area (Å²) in [6, 6.07) is 5.71. The van der Waals surface area contributed by atoms with Gasteiger partial charge < -0.3 is 15.6 Å². The van der Waals surface area contributed by atoms with Crippen LogP contribution < -0.4 is 10.5 Å². The molecule has 0 radical (unpaired) electrons. The monoisotopic (exact) mass is 276 g/mol. The first-order valence-corrected chi connectivity index (χ1v) is 6.81. The summed E-state index contributed by atoms with van der Waals surface area (Å²) in [6.07, 6.45) is 8.61. The van der Waals surface area contributed by atoms with E-state index in [0.29, 0.717) is 25.0 Å². The van der Waals surface area contributed by atoms with Crippen LogP contribution in [0.5, 0.6) is 5.75 Å². The molecule has 1 aromatic carbocycles. The summed E-state index contributed by atoms with van der Waals surface area (Å²) in [4.78, 5) is 0. The Morgan fingerprint density at radius 1 is 1.53 bits per heavy atom. The number of benzene rings is 1. The van der Waals surface area contributed by atoms with Crippen LogP contribution >= 0.6 is 11.5 Å². The molecule has 0 spiro atoms. The lowest BCUT2D eigenvalue weighted by molar-refractivity contribution is -0.00743. The fraction of sp³-hybridized carbons (Fsp3) is 0.357. The van der Waals surface area contributed by atoms with E-state index in [9.17, 15) is 5.11 Å². The Balaban J connectivity index is 1.98. The summed E-state index contributed by atoms with van der Waals surface area (Å²) in [6.45, 7) is 0.0343. The van der Waals surface area contributed by atoms with Crippen LogP contribution in [-0.2, 0) is 0 Å². The molecule has 0 amide bonds. The van der Waals surface area contributed by atoms with Crippen molar-refractivity contribution >= 4 is 21.6 Å². The molecule has 19 heavy (non-hydrogen) atoms. The smallest absolute Gasteiger partial charge is 0.147 e. The Morgan fingerprint density at radius 3 is 3.16 bits per heavy atom. The van der Waals surface area contributed by atoms with E-state index in [0.717, 1.165) is 10.1 Å². The number of nitrogens with two attached hydrogens (primary N) is 1. The average molecular weight is 276 g/mol. The lowest BCUT2D eigenvalue weighted by atomic mass is 10.1. The van der Waals surface area contributed by atoms with Crippen LogP contribution in [0.2, 0.25) is 0 Å². The highest BCUT2D eigenvalue weighted by molar-refractivity contribution is 7.13. The van der Waals surface area contributed by atoms with Crippen LogP contribution in [0.25, 0.3) is 10.1 Å². The Kier molecular flexibility index (Phi) is 4.38. The molecule has 0 aliphatic rings. The molecule has 0 aliphatic carbocycles. The first-order valence-electron chi connectivity index (χ1n) is 6.03. The number of terminal acetylenes is 1. The number of fused-ring (bicyclic) bond motifs is 1. The van der Waals surface area contributed by atoms with E-state index in [-0.39, 0.29) is 6.61 Å². The highest BCUT2D eigenvalue weighted by atomic mass is 32.1. The van der Waals surface area contributed by atoms with Crippen molar-refractivity contribution < 1.29 is 9.84 Å². The quantitative estimate of drug-likeness (QED) is 0.482. The van der Waals surface area contributed by atoms with Crippen molar-refractivity contribution in [2.45, 2.75) is 25.0 Å². The third-order valence-corrected chi connectivity index (χ3v) is 3.53. The van der Waals surface area contributed by atoms with E-state index in [1.54, 1.807) is 6.20 Å². The number of aromatic nitrogens is 1. The maximum Gasteiger partial charge on any atom is 0.147 e. The molecule has 1 unspecified atom stereocenters. The van der Waals surface area contributed by atoms with Gasteiger partial charge >= 0.3 is 0 Å². The van der Waals surface area contributed by atoms with Crippen molar-refractivity contribution in [3.8, 4) is 18.1 Å². The summed E-state index contributed by atoms with van der Waals surface area (Å²) >= 11 is 1.41. The van der Waals surface area contributed by atoms with Gasteiger partial charge in [0.25, 0.3) is 0 Å². The minimum absolute atomic E-state index is 0.0343. The normalized spacial score (nSPS) is 13.9. The van der Waals surface area contributed by atoms with Gasteiger partial charge in [-0.3, -0.25) is 0 Å². The summed E-state index contributed by atoms with van der Waals surface area (Å²) in [5.74, 6) is 3.21. The molecule has 5 heteroatoms. The van der Waals surface area contributed by atoms with Crippen molar-refractivity contribution in [2.75, 3.05) is 6.61 Å². The molecule has 0 saturated heterocycles. The Bertz CT molecular complexity index is 586. The lowest BCUT2D eigenvalue weighted by Crippen LogP contribution is -2.45. The van der Waals surface area contributed by atoms with Gasteiger partial charge in [0.05, 0.1) is 16.3 Å². The first-order chi connectivity index (χ1) is 9.12. The summed E-state index contributed by atoms with van der Waals surface area (Å²) < 4.78 is 10.8. The minimum Gasteiger partial charge on any atom is -0.488 e. The number of ether oxygens (including phenoxy) is 1. The van der Waals surface area contributed by atoms with Crippen LogP contribution in [0.15, 0.2) is 24.4 Å². The molecule has 1 atom stereocenters. The molecule has 0 fully saturated rings. The predicted octanol–water partition coefficient (Wildman–Crippen LogP) is 2.13. The molecule has 4 nitrogen and oxygen atoms in total. The van der Waals surface area contributed by atoms with E-state index in [1.807, 2.05) is 18.2 Å². The number of unbranched alkanes of at least 4 members (excludes halogenated alkanes) is 1. The molecule has 0 saturated carbocycles. The zero-order chi connectivity index (χ0) is 13.7. The van der Waals surface area contributed by atoms with E-state index >= 15 is 0 Å². The molecule has 100 valence electrons. The highest BCUT2D eigenvalue weighted by Gasteiger charge is 2.21. The van der Waals surface area contributed by atoms with E-state index in [2.05, 4.69) is 10.3 Å². The van der Waals surface area contributed by atoms with Gasteiger partial charge in [0.15, 0.2) is 0 Å². The molecular formula is C14H16N2O2S. The number of hydrogen-bond donors (Lipinski definition) is 2. The van der Waals surface area contributed by atoms with Gasteiger partial charge in [-0.15, -0.1) is 12.3 Å². The summed E-state index contributed by atoms with van der Waals surface area (Å²) in [5.41, 5.74) is 4.42. The number of hydrogen-bond acceptors (Lipinski definition) is 5. The largest absolute Gasteiger partial charge is 0.488 e. The maximum absolute atomic E-state index is 10.00. The zero-order valence-electron chi connectivity index (χ0n) is 10.5. The Hall–Kier alpha value is -1.61. The van der Waals surface area contributed by atoms with Gasteiger partial charge in [-0.25, -0.2) is 0 Å². The fourth-order valence-electron chi connectivity index (χ4n) is 1.76. The second kappa shape index (κ2) is 6.02. The fourth-order valence-corrected chi connectivity index (χ4v) is 2.43. The van der Waals surface area contributed by atoms with Crippen molar-refractivity contribution in [1.82, 2.24) is 4.37 Å². The highest BCUT2D eigenvalue weighted by Crippen LogP contribution is 2.28. The van der Waals surface area contributed by atoms with E-state index in [4.69, 9.17) is 16.9 Å². The van der Waals surface area contributed by atoms with Gasteiger partial charge in [-0.05, 0) is 36.5 Å². The van der Waals surface area contributed by atoms with Crippen LogP contribution in [0.1, 0.15) is 19.3 Å². The zero-order valence-corrected chi connectivity index (χ0v) is 11.3. The standard InChI is InChI=1S/C14H16N2O2S/c1-2-3-4-8-14(15,17)10-18-12-6-5-7-13-11(12)9-16-19-13/h1,5-7,9,17H,3-4,8,10,15H2. The molecule has 1 aromatic heterocycles. The summed E-state index contributed by atoms with van der Waals surface area (Å²) in [5, 5.41) is 10.9. The van der Waals surface area contributed by atoms with Gasteiger partial charge in [0.1, 0.15) is 18.1 Å². The minimum atomic E-state index is -1.36. The molecule has 0 aliphatic heterocycles. The second-order valence-corrected chi connectivity index (χ2v) is 5.28. The van der Waals surface area contributed by atoms with E-state index < -0.39 is 5.72 Å². The van der Waals surface area contributed by atoms with Crippen LogP contribution in [0.3, 0.4) is 0 Å². The van der Waals surface area contributed by atoms with E-state index in [1.165, 1.54) is 11.5 Å². The average Bonchev–Trinajstić information content (AvgIpc) is 2.85. The Labute approximate surface area is 116 Å². The molecule has 3 N–H and O–H groups in total. The molecule has 2 aromatic rings. The predicted molar refractivity (Wildman–Crippen MR) is 76.9 cm³/mol. The number of nitrogens with zero attached hydrogens (tertiary/aromatic N) is 1. The molecule has 2 rings (SSSR count). The lowest BCUT2D eigenvalue weighted by Gasteiger charge is -2.23. The van der Waals surface area contributed by atoms with Crippen molar-refractivity contribution in [2.24, 2.45) is 5.73 Å². The SMILES string of the molecule is C#CCCCC(N)(O)COc1cccc2sncc12. The van der Waals surface area contributed by atoms with Gasteiger partial charge in [-0.2, -0.15) is 4.37 Å². The maximum atomic E-state index is 10.00. The van der Waals surface area contributed by atoms with Gasteiger partial charge in [0.2, 0.25) is 0 Å². The first kappa shape index (κ1) is 13.8. The van der Waals surface area contributed by atoms with Crippen molar-refractivity contribution in [3.05, 3.63) is 24.4 Å². The topological polar surface area (TPSA) is 68.4 Å². The van der Waals surface area contributed by atoms with Gasteiger partial charge in [-0.1, -0.05) is 6.07 Å². The van der Waals surface area contributed by atoms with Crippen molar-refractivity contribution in [1.29, 1.82) is 0 Å². The van der Waals surface area contributed by atoms with Crippen LogP contribution in [-0.4, -0.2) is 21.8 Å². The third-order valence-electron chi connectivity index (χ3n) is 2.77. The second-order valence-electron chi connectivity index (χ2n) is 4.44. The number of rotatable bonds is 6. The van der Waals surface area contributed by atoms with Crippen LogP contribution in [0.4, 0.5) is 0 Å². The van der Waals surface area contributed by atoms with Crippen LogP contribution in [0, 0.1) is 12.3 Å². The number of aliphatic hydroxyl groups is 1. The van der Waals surface area contributed by atoms with Gasteiger partial charge in [0, 0.05) is 6.42 Å². The summed E-state index contributed by atoms with van der Waals surface area (Å²) in [7, 11) is 0. The third kappa shape index (κ3) is 3.67. The van der Waals surface area contributed by atoms with Crippen molar-refractivity contribution in [3.63, 3.8) is 0 Å². The molecule has 1 heterocycles.